The molecule has 3 N–H and O–H groups in total. The van der Waals surface area contributed by atoms with E-state index in [1.807, 2.05) is 85.1 Å². The van der Waals surface area contributed by atoms with Gasteiger partial charge in [-0.25, -0.2) is 9.59 Å². The molecule has 1 aliphatic heterocycles. The molecule has 1 unspecified atom stereocenters. The van der Waals surface area contributed by atoms with Gasteiger partial charge in [0.25, 0.3) is 0 Å². The summed E-state index contributed by atoms with van der Waals surface area (Å²) >= 11 is 6.40. The Morgan fingerprint density at radius 3 is 2.62 bits per heavy atom. The second-order valence-corrected chi connectivity index (χ2v) is 12.9. The summed E-state index contributed by atoms with van der Waals surface area (Å²) < 4.78 is 7.09. The van der Waals surface area contributed by atoms with Crippen LogP contribution < -0.4 is 5.69 Å². The third kappa shape index (κ3) is 7.86. The number of hydrogen-bond donors (Lipinski definition) is 3. The summed E-state index contributed by atoms with van der Waals surface area (Å²) in [7, 11) is 0. The Morgan fingerprint density at radius 2 is 1.85 bits per heavy atom. The van der Waals surface area contributed by atoms with Crippen LogP contribution in [0.3, 0.4) is 0 Å². The molecular formula is C38H42ClN5O4. The number of ether oxygens (including phenoxy) is 1. The van der Waals surface area contributed by atoms with Gasteiger partial charge < -0.3 is 29.6 Å². The van der Waals surface area contributed by atoms with Crippen LogP contribution in [0.25, 0.3) is 10.9 Å². The number of nitrogens with one attached hydrogen (secondary N) is 2. The van der Waals surface area contributed by atoms with Crippen molar-refractivity contribution in [1.82, 2.24) is 24.3 Å². The summed E-state index contributed by atoms with van der Waals surface area (Å²) in [5, 5.41) is 12.9. The zero-order valence-corrected chi connectivity index (χ0v) is 27.7. The first-order chi connectivity index (χ1) is 23.4. The third-order valence-corrected chi connectivity index (χ3v) is 9.59. The van der Waals surface area contributed by atoms with E-state index in [1.165, 1.54) is 4.57 Å². The summed E-state index contributed by atoms with van der Waals surface area (Å²) in [5.41, 5.74) is 4.13. The molecule has 3 aromatic carbocycles. The SMILES string of the molecule is C=CCN(C(=O)OCc1ccccc1)C1CCN(CCC(Cn2c(O)c(Cc3c[nH]c4ccccc34)[nH]c2=O)c2cccc(Cl)c2)CC1. The maximum atomic E-state index is 13.2. The van der Waals surface area contributed by atoms with E-state index in [0.717, 1.165) is 66.5 Å². The molecule has 9 nitrogen and oxygen atoms in total. The molecule has 0 radical (unpaired) electrons. The summed E-state index contributed by atoms with van der Waals surface area (Å²) in [6, 6.07) is 25.5. The van der Waals surface area contributed by atoms with Gasteiger partial charge >= 0.3 is 11.8 Å². The van der Waals surface area contributed by atoms with E-state index in [4.69, 9.17) is 16.3 Å². The number of halogens is 1. The maximum absolute atomic E-state index is 13.2. The highest BCUT2D eigenvalue weighted by molar-refractivity contribution is 6.30. The number of aromatic nitrogens is 3. The Morgan fingerprint density at radius 1 is 1.08 bits per heavy atom. The second-order valence-electron chi connectivity index (χ2n) is 12.5. The standard InChI is InChI=1S/C38H42ClN5O4/c1-2-18-43(38(47)48-26-27-9-4-3-5-10-27)32-16-20-42(21-17-32)19-15-29(28-11-8-12-31(39)22-28)25-44-36(45)35(41-37(44)46)23-30-24-40-34-14-7-6-13-33(30)34/h2-14,22,24,29,32,40,45H,1,15-21,23,25-26H2,(H,41,46). The molecule has 10 heteroatoms. The summed E-state index contributed by atoms with van der Waals surface area (Å²) in [6.07, 6.45) is 6.15. The number of carbonyl (C=O) groups is 1. The number of fused-ring (bicyclic) bond motifs is 1. The van der Waals surface area contributed by atoms with E-state index in [2.05, 4.69) is 21.4 Å². The zero-order valence-electron chi connectivity index (χ0n) is 27.0. The molecule has 0 bridgehead atoms. The molecule has 0 aliphatic carbocycles. The predicted molar refractivity (Wildman–Crippen MR) is 190 cm³/mol. The second kappa shape index (κ2) is 15.4. The van der Waals surface area contributed by atoms with Gasteiger partial charge in [0, 0.05) is 66.7 Å². The topological polar surface area (TPSA) is 107 Å². The monoisotopic (exact) mass is 667 g/mol. The Balaban J connectivity index is 1.10. The average Bonchev–Trinajstić information content (AvgIpc) is 3.64. The summed E-state index contributed by atoms with van der Waals surface area (Å²) in [6.45, 7) is 7.30. The molecule has 48 heavy (non-hydrogen) atoms. The van der Waals surface area contributed by atoms with Gasteiger partial charge in [0.15, 0.2) is 0 Å². The Hall–Kier alpha value is -4.73. The van der Waals surface area contributed by atoms with E-state index >= 15 is 0 Å². The first-order valence-electron chi connectivity index (χ1n) is 16.5. The van der Waals surface area contributed by atoms with Gasteiger partial charge in [0.2, 0.25) is 5.88 Å². The van der Waals surface area contributed by atoms with Gasteiger partial charge in [-0.3, -0.25) is 4.57 Å². The Labute approximate surface area is 285 Å². The van der Waals surface area contributed by atoms with Crippen LogP contribution in [-0.2, 0) is 24.3 Å². The van der Waals surface area contributed by atoms with Crippen LogP contribution in [0.5, 0.6) is 5.88 Å². The van der Waals surface area contributed by atoms with E-state index in [1.54, 1.807) is 11.0 Å². The van der Waals surface area contributed by atoms with Gasteiger partial charge in [-0.2, -0.15) is 0 Å². The number of hydrogen-bond acceptors (Lipinski definition) is 5. The molecule has 0 spiro atoms. The first-order valence-corrected chi connectivity index (χ1v) is 16.9. The highest BCUT2D eigenvalue weighted by atomic mass is 35.5. The number of benzene rings is 3. The van der Waals surface area contributed by atoms with Crippen LogP contribution in [0.4, 0.5) is 4.79 Å². The van der Waals surface area contributed by atoms with Crippen LogP contribution in [0.1, 0.15) is 47.6 Å². The number of aromatic hydroxyl groups is 1. The third-order valence-electron chi connectivity index (χ3n) is 9.35. The molecule has 1 fully saturated rings. The number of carbonyl (C=O) groups excluding carboxylic acids is 1. The van der Waals surface area contributed by atoms with Gasteiger partial charge in [-0.15, -0.1) is 6.58 Å². The number of nitrogens with zero attached hydrogens (tertiary/aromatic N) is 3. The van der Waals surface area contributed by atoms with Crippen molar-refractivity contribution in [3.63, 3.8) is 0 Å². The molecule has 6 rings (SSSR count). The minimum Gasteiger partial charge on any atom is -0.493 e. The number of rotatable bonds is 13. The lowest BCUT2D eigenvalue weighted by Crippen LogP contribution is -2.47. The number of amides is 1. The average molecular weight is 668 g/mol. The first kappa shape index (κ1) is 33.2. The van der Waals surface area contributed by atoms with E-state index in [-0.39, 0.29) is 36.2 Å². The molecular weight excluding hydrogens is 626 g/mol. The van der Waals surface area contributed by atoms with Crippen LogP contribution in [0.15, 0.2) is 103 Å². The smallest absolute Gasteiger partial charge is 0.410 e. The summed E-state index contributed by atoms with van der Waals surface area (Å²) in [4.78, 5) is 36.6. The molecule has 1 amide bonds. The minimum atomic E-state index is -0.336. The fraction of sp³-hybridized carbons (Fsp3) is 0.316. The number of likely N-dealkylation sites (tertiary alicyclic amines) is 1. The van der Waals surface area contributed by atoms with Crippen molar-refractivity contribution < 1.29 is 14.6 Å². The van der Waals surface area contributed by atoms with Gasteiger partial charge in [0.05, 0.1) is 5.69 Å². The van der Waals surface area contributed by atoms with Crippen molar-refractivity contribution in [1.29, 1.82) is 0 Å². The van der Waals surface area contributed by atoms with Crippen molar-refractivity contribution in [2.24, 2.45) is 0 Å². The Bertz CT molecular complexity index is 1890. The van der Waals surface area contributed by atoms with Gasteiger partial charge in [-0.05, 0) is 60.7 Å². The van der Waals surface area contributed by atoms with Crippen molar-refractivity contribution in [3.05, 3.63) is 136 Å². The van der Waals surface area contributed by atoms with E-state index < -0.39 is 0 Å². The quantitative estimate of drug-likeness (QED) is 0.117. The lowest BCUT2D eigenvalue weighted by molar-refractivity contribution is 0.0654. The number of aromatic amines is 2. The molecule has 0 saturated carbocycles. The van der Waals surface area contributed by atoms with Crippen LogP contribution in [-0.4, -0.2) is 67.8 Å². The Kier molecular flexibility index (Phi) is 10.7. The molecule has 5 aromatic rings. The van der Waals surface area contributed by atoms with E-state index in [9.17, 15) is 14.7 Å². The number of imidazole rings is 1. The molecule has 1 atom stereocenters. The number of para-hydroxylation sites is 1. The number of H-pyrrole nitrogens is 2. The highest BCUT2D eigenvalue weighted by Crippen LogP contribution is 2.29. The van der Waals surface area contributed by atoms with Crippen molar-refractivity contribution in [2.45, 2.75) is 50.8 Å². The zero-order chi connectivity index (χ0) is 33.5. The largest absolute Gasteiger partial charge is 0.493 e. The van der Waals surface area contributed by atoms with Gasteiger partial charge in [0.1, 0.15) is 6.61 Å². The molecule has 3 heterocycles. The van der Waals surface area contributed by atoms with Crippen LogP contribution >= 0.6 is 11.6 Å². The lowest BCUT2D eigenvalue weighted by atomic mass is 9.94. The fourth-order valence-corrected chi connectivity index (χ4v) is 6.92. The fourth-order valence-electron chi connectivity index (χ4n) is 6.72. The number of piperidine rings is 1. The van der Waals surface area contributed by atoms with Crippen molar-refractivity contribution in [3.8, 4) is 5.88 Å². The lowest BCUT2D eigenvalue weighted by Gasteiger charge is -2.38. The predicted octanol–water partition coefficient (Wildman–Crippen LogP) is 7.07. The summed E-state index contributed by atoms with van der Waals surface area (Å²) in [5.74, 6) is -0.105. The van der Waals surface area contributed by atoms with Crippen molar-refractivity contribution >= 4 is 28.6 Å². The minimum absolute atomic E-state index is 0.0421. The normalized spacial score (nSPS) is 14.6. The van der Waals surface area contributed by atoms with E-state index in [0.29, 0.717) is 30.2 Å². The molecule has 1 saturated heterocycles. The highest BCUT2D eigenvalue weighted by Gasteiger charge is 2.29. The molecule has 250 valence electrons. The van der Waals surface area contributed by atoms with Crippen LogP contribution in [0.2, 0.25) is 5.02 Å². The molecule has 1 aliphatic rings. The van der Waals surface area contributed by atoms with Crippen molar-refractivity contribution in [2.75, 3.05) is 26.2 Å². The maximum Gasteiger partial charge on any atom is 0.410 e. The molecule has 2 aromatic heterocycles. The van der Waals surface area contributed by atoms with Crippen LogP contribution in [0, 0.1) is 0 Å². The van der Waals surface area contributed by atoms with Gasteiger partial charge in [-0.1, -0.05) is 78.3 Å².